The summed E-state index contributed by atoms with van der Waals surface area (Å²) >= 11 is 0. The van der Waals surface area contributed by atoms with Gasteiger partial charge < -0.3 is 0 Å². The molecule has 0 amide bonds. The van der Waals surface area contributed by atoms with Gasteiger partial charge in [0.15, 0.2) is 0 Å². The molecule has 0 unspecified atom stereocenters. The van der Waals surface area contributed by atoms with Crippen molar-refractivity contribution in [1.82, 2.24) is 0 Å². The molecule has 0 atom stereocenters. The molecule has 0 saturated heterocycles. The summed E-state index contributed by atoms with van der Waals surface area (Å²) in [6.45, 7) is 19.8. The standard InChI is InChI=1S/C10H16.C7H7F.C2H6/c1-8(2)6-7-10(5)9(3)4;1-6-2-4-7(8)5-3-6;1-2/h6-7,9H,1,5H2,2-4H3;2-5H,1H3;1-2H3/b7-6-;;. The van der Waals surface area contributed by atoms with E-state index < -0.39 is 0 Å². The molecule has 1 aromatic carbocycles. The molecule has 0 saturated carbocycles. The average molecular weight is 276 g/mol. The SMILES string of the molecule is C=C(C)/C=C\C(=C)C(C)C.CC.Cc1ccc(F)cc1. The van der Waals surface area contributed by atoms with Gasteiger partial charge in [-0.05, 0) is 31.9 Å². The lowest BCUT2D eigenvalue weighted by molar-refractivity contribution is 0.627. The van der Waals surface area contributed by atoms with Crippen molar-refractivity contribution in [1.29, 1.82) is 0 Å². The minimum absolute atomic E-state index is 0.171. The Morgan fingerprint density at radius 1 is 1.05 bits per heavy atom. The first-order valence-electron chi connectivity index (χ1n) is 7.07. The van der Waals surface area contributed by atoms with Crippen LogP contribution in [-0.4, -0.2) is 0 Å². The van der Waals surface area contributed by atoms with Crippen LogP contribution in [0.3, 0.4) is 0 Å². The molecule has 0 aliphatic carbocycles. The molecule has 1 rings (SSSR count). The fourth-order valence-electron chi connectivity index (χ4n) is 0.975. The summed E-state index contributed by atoms with van der Waals surface area (Å²) in [5, 5.41) is 0. The van der Waals surface area contributed by atoms with Crippen LogP contribution in [0.25, 0.3) is 0 Å². The Kier molecular flexibility index (Phi) is 12.8. The van der Waals surface area contributed by atoms with Crippen LogP contribution in [0.2, 0.25) is 0 Å². The number of hydrogen-bond donors (Lipinski definition) is 0. The van der Waals surface area contributed by atoms with Gasteiger partial charge in [-0.2, -0.15) is 0 Å². The van der Waals surface area contributed by atoms with Crippen LogP contribution in [0, 0.1) is 18.7 Å². The summed E-state index contributed by atoms with van der Waals surface area (Å²) < 4.78 is 12.1. The lowest BCUT2D eigenvalue weighted by Gasteiger charge is -2.01. The number of halogens is 1. The van der Waals surface area contributed by atoms with Crippen LogP contribution < -0.4 is 0 Å². The number of aryl methyl sites for hydroxylation is 1. The highest BCUT2D eigenvalue weighted by molar-refractivity contribution is 5.23. The Morgan fingerprint density at radius 2 is 1.50 bits per heavy atom. The predicted molar refractivity (Wildman–Crippen MR) is 90.4 cm³/mol. The fourth-order valence-corrected chi connectivity index (χ4v) is 0.975. The highest BCUT2D eigenvalue weighted by atomic mass is 19.1. The Hall–Kier alpha value is -1.63. The van der Waals surface area contributed by atoms with Gasteiger partial charge >= 0.3 is 0 Å². The largest absolute Gasteiger partial charge is 0.207 e. The van der Waals surface area contributed by atoms with Crippen LogP contribution in [-0.2, 0) is 0 Å². The molecule has 0 aromatic heterocycles. The molecular weight excluding hydrogens is 247 g/mol. The Balaban J connectivity index is 0. The van der Waals surface area contributed by atoms with Crippen LogP contribution in [0.5, 0.6) is 0 Å². The Morgan fingerprint density at radius 3 is 1.80 bits per heavy atom. The highest BCUT2D eigenvalue weighted by Gasteiger charge is 1.92. The second-order valence-electron chi connectivity index (χ2n) is 4.70. The van der Waals surface area contributed by atoms with Gasteiger partial charge in [0.1, 0.15) is 5.82 Å². The molecule has 0 N–H and O–H groups in total. The van der Waals surface area contributed by atoms with E-state index in [2.05, 4.69) is 27.0 Å². The molecule has 1 aromatic rings. The fraction of sp³-hybridized carbons (Fsp3) is 0.368. The first-order valence-corrected chi connectivity index (χ1v) is 7.07. The van der Waals surface area contributed by atoms with Crippen molar-refractivity contribution >= 4 is 0 Å². The molecule has 0 aliphatic heterocycles. The molecule has 112 valence electrons. The van der Waals surface area contributed by atoms with Gasteiger partial charge in [0.05, 0.1) is 0 Å². The minimum Gasteiger partial charge on any atom is -0.207 e. The summed E-state index contributed by atoms with van der Waals surface area (Å²) in [4.78, 5) is 0. The molecule has 20 heavy (non-hydrogen) atoms. The maximum absolute atomic E-state index is 12.1. The van der Waals surface area contributed by atoms with Gasteiger partial charge in [-0.3, -0.25) is 0 Å². The summed E-state index contributed by atoms with van der Waals surface area (Å²) in [7, 11) is 0. The summed E-state index contributed by atoms with van der Waals surface area (Å²) in [6.07, 6.45) is 4.01. The maximum atomic E-state index is 12.1. The Labute approximate surface area is 124 Å². The van der Waals surface area contributed by atoms with E-state index in [0.29, 0.717) is 5.92 Å². The van der Waals surface area contributed by atoms with E-state index in [1.165, 1.54) is 12.1 Å². The van der Waals surface area contributed by atoms with Crippen molar-refractivity contribution in [3.63, 3.8) is 0 Å². The average Bonchev–Trinajstić information content (AvgIpc) is 2.42. The van der Waals surface area contributed by atoms with Crippen molar-refractivity contribution in [2.75, 3.05) is 0 Å². The van der Waals surface area contributed by atoms with E-state index in [1.807, 2.05) is 39.8 Å². The Bertz CT molecular complexity index is 387. The summed E-state index contributed by atoms with van der Waals surface area (Å²) in [6, 6.07) is 6.40. The molecule has 0 heterocycles. The smallest absolute Gasteiger partial charge is 0.123 e. The van der Waals surface area contributed by atoms with Gasteiger partial charge in [0.2, 0.25) is 0 Å². The molecule has 0 bridgehead atoms. The topological polar surface area (TPSA) is 0 Å². The van der Waals surface area contributed by atoms with Gasteiger partial charge in [-0.15, -0.1) is 0 Å². The maximum Gasteiger partial charge on any atom is 0.123 e. The monoisotopic (exact) mass is 276 g/mol. The third-order valence-corrected chi connectivity index (χ3v) is 2.33. The predicted octanol–water partition coefficient (Wildman–Crippen LogP) is 6.49. The first-order chi connectivity index (χ1) is 9.32. The number of hydrogen-bond acceptors (Lipinski definition) is 0. The van der Waals surface area contributed by atoms with E-state index in [0.717, 1.165) is 16.7 Å². The van der Waals surface area contributed by atoms with E-state index in [9.17, 15) is 4.39 Å². The molecule has 0 nitrogen and oxygen atoms in total. The minimum atomic E-state index is -0.171. The van der Waals surface area contributed by atoms with Crippen LogP contribution in [0.15, 0.2) is 60.7 Å². The zero-order chi connectivity index (χ0) is 16.1. The van der Waals surface area contributed by atoms with Crippen molar-refractivity contribution in [2.45, 2.75) is 41.5 Å². The lowest BCUT2D eigenvalue weighted by Crippen LogP contribution is -1.86. The van der Waals surface area contributed by atoms with Crippen LogP contribution in [0.4, 0.5) is 4.39 Å². The van der Waals surface area contributed by atoms with Crippen LogP contribution >= 0.6 is 0 Å². The second-order valence-corrected chi connectivity index (χ2v) is 4.70. The third kappa shape index (κ3) is 12.8. The van der Waals surface area contributed by atoms with Gasteiger partial charge in [0, 0.05) is 0 Å². The summed E-state index contributed by atoms with van der Waals surface area (Å²) in [5.74, 6) is 0.367. The van der Waals surface area contributed by atoms with E-state index >= 15 is 0 Å². The zero-order valence-electron chi connectivity index (χ0n) is 13.8. The quantitative estimate of drug-likeness (QED) is 0.553. The van der Waals surface area contributed by atoms with Crippen molar-refractivity contribution in [3.8, 4) is 0 Å². The number of allylic oxidation sites excluding steroid dienone is 4. The van der Waals surface area contributed by atoms with Crippen molar-refractivity contribution in [3.05, 3.63) is 72.1 Å². The molecular formula is C19H29F. The molecule has 0 radical (unpaired) electrons. The highest BCUT2D eigenvalue weighted by Crippen LogP contribution is 2.08. The van der Waals surface area contributed by atoms with Crippen LogP contribution in [0.1, 0.15) is 40.2 Å². The third-order valence-electron chi connectivity index (χ3n) is 2.33. The zero-order valence-corrected chi connectivity index (χ0v) is 13.8. The van der Waals surface area contributed by atoms with Gasteiger partial charge in [-0.1, -0.05) is 81.8 Å². The number of benzene rings is 1. The van der Waals surface area contributed by atoms with Gasteiger partial charge in [-0.25, -0.2) is 4.39 Å². The van der Waals surface area contributed by atoms with E-state index in [1.54, 1.807) is 12.1 Å². The molecule has 0 spiro atoms. The van der Waals surface area contributed by atoms with E-state index in [4.69, 9.17) is 0 Å². The molecule has 0 fully saturated rings. The summed E-state index contributed by atoms with van der Waals surface area (Å²) in [5.41, 5.74) is 3.32. The normalized spacial score (nSPS) is 9.40. The molecule has 1 heteroatoms. The van der Waals surface area contributed by atoms with E-state index in [-0.39, 0.29) is 5.82 Å². The first kappa shape index (κ1) is 20.7. The second kappa shape index (κ2) is 12.4. The molecule has 0 aliphatic rings. The van der Waals surface area contributed by atoms with Crippen molar-refractivity contribution < 1.29 is 4.39 Å². The van der Waals surface area contributed by atoms with Gasteiger partial charge in [0.25, 0.3) is 0 Å². The number of rotatable bonds is 3. The van der Waals surface area contributed by atoms with Crippen molar-refractivity contribution in [2.24, 2.45) is 5.92 Å². The lowest BCUT2D eigenvalue weighted by atomic mass is 10.0.